The molecule has 6 atom stereocenters. The normalized spacial score (nSPS) is 26.3. The molecule has 3 aromatic rings. The molecule has 3 aliphatic heterocycles. The fourth-order valence-electron chi connectivity index (χ4n) is 9.26. The molecule has 1 spiro atoms. The number of rotatable bonds is 12. The van der Waals surface area contributed by atoms with Gasteiger partial charge in [0.25, 0.3) is 0 Å². The zero-order valence-electron chi connectivity index (χ0n) is 33.3. The van der Waals surface area contributed by atoms with Crippen molar-refractivity contribution in [2.45, 2.75) is 82.0 Å². The Morgan fingerprint density at radius 1 is 1.17 bits per heavy atom. The third-order valence-electron chi connectivity index (χ3n) is 12.5. The van der Waals surface area contributed by atoms with Gasteiger partial charge in [-0.15, -0.1) is 0 Å². The second kappa shape index (κ2) is 17.8. The van der Waals surface area contributed by atoms with Gasteiger partial charge in [0.2, 0.25) is 5.91 Å². The van der Waals surface area contributed by atoms with E-state index in [2.05, 4.69) is 16.4 Å². The summed E-state index contributed by atoms with van der Waals surface area (Å²) in [5.41, 5.74) is 7.88. The first kappa shape index (κ1) is 42.3. The van der Waals surface area contributed by atoms with Crippen LogP contribution < -0.4 is 21.4 Å². The lowest BCUT2D eigenvalue weighted by Crippen LogP contribution is -2.64. The molecule has 1 aliphatic carbocycles. The third-order valence-corrected chi connectivity index (χ3v) is 14.8. The topological polar surface area (TPSA) is 198 Å². The molecule has 15 heteroatoms. The Morgan fingerprint density at radius 3 is 2.74 bits per heavy atom. The van der Waals surface area contributed by atoms with E-state index in [9.17, 15) is 29.7 Å². The van der Waals surface area contributed by atoms with Gasteiger partial charge in [-0.1, -0.05) is 39.3 Å². The van der Waals surface area contributed by atoms with E-state index >= 15 is 0 Å². The van der Waals surface area contributed by atoms with E-state index in [1.807, 2.05) is 31.0 Å². The Labute approximate surface area is 346 Å². The zero-order chi connectivity index (χ0) is 41.2. The average Bonchev–Trinajstić information content (AvgIpc) is 3.56. The molecule has 6 N–H and O–H groups in total. The van der Waals surface area contributed by atoms with E-state index in [4.69, 9.17) is 19.6 Å². The summed E-state index contributed by atoms with van der Waals surface area (Å²) in [6.07, 6.45) is 7.70. The summed E-state index contributed by atoms with van der Waals surface area (Å²) in [7, 11) is 5.41. The fraction of sp³-hybridized carbons (Fsp3) is 0.535. The van der Waals surface area contributed by atoms with Crippen LogP contribution in [-0.4, -0.2) is 106 Å². The first-order valence-electron chi connectivity index (χ1n) is 20.1. The number of nitrogen functional groups attached to an aromatic ring is 1. The van der Waals surface area contributed by atoms with Crippen LogP contribution in [0.1, 0.15) is 67.7 Å². The summed E-state index contributed by atoms with van der Waals surface area (Å²) in [5.74, 6) is 1.24. The van der Waals surface area contributed by atoms with Crippen molar-refractivity contribution in [3.05, 3.63) is 86.4 Å². The van der Waals surface area contributed by atoms with Crippen molar-refractivity contribution < 1.29 is 38.8 Å². The summed E-state index contributed by atoms with van der Waals surface area (Å²) < 4.78 is 19.7. The van der Waals surface area contributed by atoms with Crippen LogP contribution in [0.4, 0.5) is 5.82 Å². The summed E-state index contributed by atoms with van der Waals surface area (Å²) in [5, 5.41) is 33.1. The number of anilines is 1. The van der Waals surface area contributed by atoms with E-state index in [-0.39, 0.29) is 56.3 Å². The molecule has 1 saturated heterocycles. The molecule has 1 fully saturated rings. The van der Waals surface area contributed by atoms with E-state index < -0.39 is 28.7 Å². The van der Waals surface area contributed by atoms with Gasteiger partial charge in [-0.05, 0) is 81.0 Å². The van der Waals surface area contributed by atoms with Gasteiger partial charge in [0, 0.05) is 104 Å². The van der Waals surface area contributed by atoms with Crippen LogP contribution in [0, 0.1) is 11.8 Å². The Bertz CT molecular complexity index is 2160. The molecular formula is C43H54N4O9S2. The average molecular weight is 835 g/mol. The highest BCUT2D eigenvalue weighted by atomic mass is 33.1. The summed E-state index contributed by atoms with van der Waals surface area (Å²) in [4.78, 5) is 47.9. The number of ether oxygens (including phenoxy) is 2. The number of esters is 1. The van der Waals surface area contributed by atoms with Crippen molar-refractivity contribution in [3.8, 4) is 5.75 Å². The van der Waals surface area contributed by atoms with Crippen LogP contribution in [0.3, 0.4) is 0 Å². The van der Waals surface area contributed by atoms with Crippen LogP contribution >= 0.6 is 21.6 Å². The Balaban J connectivity index is 1.36. The van der Waals surface area contributed by atoms with Crippen molar-refractivity contribution >= 4 is 50.3 Å². The van der Waals surface area contributed by atoms with Gasteiger partial charge in [0.1, 0.15) is 17.2 Å². The van der Waals surface area contributed by atoms with Crippen LogP contribution in [0.25, 0.3) is 11.0 Å². The first-order chi connectivity index (χ1) is 28.0. The quantitative estimate of drug-likeness (QED) is 0.0575. The van der Waals surface area contributed by atoms with Gasteiger partial charge in [0.15, 0.2) is 11.2 Å². The molecule has 4 aliphatic rings. The van der Waals surface area contributed by atoms with Crippen molar-refractivity contribution in [1.82, 2.24) is 15.2 Å². The number of fused-ring (bicyclic) bond motifs is 7. The Morgan fingerprint density at radius 2 is 2.00 bits per heavy atom. The van der Waals surface area contributed by atoms with Gasteiger partial charge in [-0.25, -0.2) is 14.6 Å². The molecular weight excluding hydrogens is 781 g/mol. The summed E-state index contributed by atoms with van der Waals surface area (Å²) in [6, 6.07) is 7.41. The van der Waals surface area contributed by atoms with Gasteiger partial charge in [-0.3, -0.25) is 4.79 Å². The molecule has 2 aromatic heterocycles. The maximum atomic E-state index is 14.1. The predicted octanol–water partition coefficient (Wildman–Crippen LogP) is 4.10. The fourth-order valence-corrected chi connectivity index (χ4v) is 11.8. The second-order valence-corrected chi connectivity index (χ2v) is 18.6. The van der Waals surface area contributed by atoms with Gasteiger partial charge >= 0.3 is 11.6 Å². The molecule has 0 unspecified atom stereocenters. The molecule has 58 heavy (non-hydrogen) atoms. The molecule has 0 radical (unpaired) electrons. The number of hydrogen-bond donors (Lipinski definition) is 5. The number of carbonyl (C=O) groups excluding carboxylic acids is 2. The van der Waals surface area contributed by atoms with Crippen LogP contribution in [0.5, 0.6) is 5.75 Å². The maximum absolute atomic E-state index is 14.1. The lowest BCUT2D eigenvalue weighted by atomic mass is 9.61. The summed E-state index contributed by atoms with van der Waals surface area (Å²) >= 11 is 0. The van der Waals surface area contributed by atoms with E-state index in [0.717, 1.165) is 29.0 Å². The number of pyridine rings is 1. The lowest BCUT2D eigenvalue weighted by molar-refractivity contribution is -0.183. The largest absolute Gasteiger partial charge is 0.481 e. The summed E-state index contributed by atoms with van der Waals surface area (Å²) in [6.45, 7) is 4.78. The number of aliphatic hydroxyl groups is 3. The number of nitrogens with one attached hydrogen (secondary N) is 1. The number of aliphatic hydroxyl groups excluding tert-OH is 3. The predicted molar refractivity (Wildman–Crippen MR) is 226 cm³/mol. The SMILES string of the molecule is C/C=C(\CCO)C(=O)O[C@]1(C)CC=C2CSSC[C@@H]3[C@@H](CNC)CN3C(=O)Cc3cnc(N)cc3[C@H]2[C@]12Cc1cc3cc(C[C@H](CO)CCCO)c(=O)oc3cc1O2. The third kappa shape index (κ3) is 8.05. The molecule has 312 valence electrons. The van der Waals surface area contributed by atoms with Crippen molar-refractivity contribution in [1.29, 1.82) is 0 Å². The van der Waals surface area contributed by atoms with Crippen LogP contribution in [-0.2, 0) is 33.6 Å². The van der Waals surface area contributed by atoms with Gasteiger partial charge in [-0.2, -0.15) is 0 Å². The number of carbonyl (C=O) groups is 2. The maximum Gasteiger partial charge on any atom is 0.339 e. The lowest BCUT2D eigenvalue weighted by Gasteiger charge is -2.53. The van der Waals surface area contributed by atoms with Crippen molar-refractivity contribution in [3.63, 3.8) is 0 Å². The smallest absolute Gasteiger partial charge is 0.339 e. The Kier molecular flexibility index (Phi) is 13.0. The van der Waals surface area contributed by atoms with Crippen LogP contribution in [0.15, 0.2) is 63.0 Å². The number of allylic oxidation sites excluding steroid dienone is 1. The standard InChI is InChI=1S/C43H54N4O9S2/c1-4-26(8-11-49)41(53)56-42(2)9-7-27-23-57-58-24-34-32(19-45-3)21-47(34)38(51)15-31-20-46-37(44)16-33(31)39(27)43(42)18-30-14-28-13-29(12-25(22-50)6-5-10-48)40(52)54-35(28)17-36(30)55-43/h4,7,13-14,16-17,20,25,32,34,39,45,48-50H,5-6,8-12,15,18-19,21-24H2,1-3H3,(H2,44,46)/b26-4+/t25-,32+,34-,39+,42-,43-/m1/s1. The molecule has 5 heterocycles. The minimum Gasteiger partial charge on any atom is -0.481 e. The Hall–Kier alpha value is -3.86. The highest BCUT2D eigenvalue weighted by Gasteiger charge is 2.64. The van der Waals surface area contributed by atoms with Gasteiger partial charge in [0.05, 0.1) is 12.3 Å². The molecule has 1 aromatic carbocycles. The molecule has 13 nitrogen and oxygen atoms in total. The number of nitrogens with two attached hydrogens (primary N) is 1. The number of hydrogen-bond acceptors (Lipinski definition) is 14. The monoisotopic (exact) mass is 834 g/mol. The molecule has 0 bridgehead atoms. The number of benzene rings is 1. The van der Waals surface area contributed by atoms with Crippen molar-refractivity contribution in [2.75, 3.05) is 57.2 Å². The van der Waals surface area contributed by atoms with E-state index in [0.29, 0.717) is 83.7 Å². The van der Waals surface area contributed by atoms with E-state index in [1.165, 1.54) is 0 Å². The highest BCUT2D eigenvalue weighted by Crippen LogP contribution is 2.58. The number of aromatic nitrogens is 1. The minimum atomic E-state index is -1.28. The molecule has 0 saturated carbocycles. The van der Waals surface area contributed by atoms with Gasteiger partial charge < -0.3 is 45.2 Å². The van der Waals surface area contributed by atoms with E-state index in [1.54, 1.807) is 52.9 Å². The second-order valence-electron chi connectivity index (χ2n) is 16.1. The van der Waals surface area contributed by atoms with Crippen molar-refractivity contribution in [2.24, 2.45) is 11.8 Å². The minimum absolute atomic E-state index is 0.00196. The zero-order valence-corrected chi connectivity index (χ0v) is 35.0. The van der Waals surface area contributed by atoms with Crippen LogP contribution in [0.2, 0.25) is 0 Å². The number of nitrogens with zero attached hydrogens (tertiary/aromatic N) is 2. The highest BCUT2D eigenvalue weighted by molar-refractivity contribution is 8.76. The molecule has 1 amide bonds. The molecule has 7 rings (SSSR count). The number of amides is 1. The first-order valence-corrected chi connectivity index (χ1v) is 22.6.